The van der Waals surface area contributed by atoms with Gasteiger partial charge in [-0.2, -0.15) is 5.10 Å². The van der Waals surface area contributed by atoms with Crippen LogP contribution in [0, 0.1) is 13.8 Å². The van der Waals surface area contributed by atoms with Crippen molar-refractivity contribution < 1.29 is 0 Å². The van der Waals surface area contributed by atoms with Crippen molar-refractivity contribution in [3.63, 3.8) is 0 Å². The van der Waals surface area contributed by atoms with Gasteiger partial charge in [-0.1, -0.05) is 28.1 Å². The minimum absolute atomic E-state index is 0.0611. The molecule has 0 bridgehead atoms. The number of hydrogen-bond donors (Lipinski definition) is 2. The van der Waals surface area contributed by atoms with E-state index in [0.29, 0.717) is 6.04 Å². The number of aryl methyl sites for hydroxylation is 2. The Labute approximate surface area is 134 Å². The maximum absolute atomic E-state index is 5.76. The molecule has 0 aliphatic heterocycles. The van der Waals surface area contributed by atoms with Crippen molar-refractivity contribution >= 4 is 15.9 Å². The van der Waals surface area contributed by atoms with E-state index in [0.717, 1.165) is 16.6 Å². The number of hydrogen-bond acceptors (Lipinski definition) is 3. The molecule has 1 atom stereocenters. The summed E-state index contributed by atoms with van der Waals surface area (Å²) in [6, 6.07) is 6.83. The third-order valence-electron chi connectivity index (χ3n) is 3.67. The molecule has 0 radical (unpaired) electrons. The number of nitrogens with zero attached hydrogens (tertiary/aromatic N) is 2. The van der Waals surface area contributed by atoms with Gasteiger partial charge in [0.1, 0.15) is 0 Å². The quantitative estimate of drug-likeness (QED) is 0.639. The number of benzene rings is 1. The summed E-state index contributed by atoms with van der Waals surface area (Å²) in [5.41, 5.74) is 7.59. The van der Waals surface area contributed by atoms with Crippen LogP contribution in [-0.4, -0.2) is 9.78 Å². The molecular formula is C16H23BrN4. The minimum Gasteiger partial charge on any atom is -0.271 e. The van der Waals surface area contributed by atoms with Crippen LogP contribution in [0.1, 0.15) is 48.3 Å². The van der Waals surface area contributed by atoms with E-state index < -0.39 is 0 Å². The van der Waals surface area contributed by atoms with Crippen molar-refractivity contribution in [2.45, 2.75) is 46.2 Å². The highest BCUT2D eigenvalue weighted by atomic mass is 79.9. The molecule has 0 spiro atoms. The van der Waals surface area contributed by atoms with Crippen LogP contribution in [0.15, 0.2) is 28.9 Å². The van der Waals surface area contributed by atoms with E-state index in [1.54, 1.807) is 0 Å². The molecule has 0 aliphatic rings. The smallest absolute Gasteiger partial charge is 0.0644 e. The summed E-state index contributed by atoms with van der Waals surface area (Å²) in [4.78, 5) is 0. The highest BCUT2D eigenvalue weighted by molar-refractivity contribution is 9.10. The average Bonchev–Trinajstić information content (AvgIpc) is 2.90. The molecule has 1 unspecified atom stereocenters. The van der Waals surface area contributed by atoms with E-state index in [-0.39, 0.29) is 6.04 Å². The topological polar surface area (TPSA) is 55.9 Å². The van der Waals surface area contributed by atoms with Gasteiger partial charge >= 0.3 is 0 Å². The predicted molar refractivity (Wildman–Crippen MR) is 90.0 cm³/mol. The first-order valence-corrected chi connectivity index (χ1v) is 7.98. The van der Waals surface area contributed by atoms with Crippen molar-refractivity contribution in [1.29, 1.82) is 0 Å². The third kappa shape index (κ3) is 3.73. The van der Waals surface area contributed by atoms with Gasteiger partial charge in [-0.15, -0.1) is 0 Å². The fraction of sp³-hybridized carbons (Fsp3) is 0.438. The van der Waals surface area contributed by atoms with Gasteiger partial charge in [-0.3, -0.25) is 16.0 Å². The zero-order valence-corrected chi connectivity index (χ0v) is 14.6. The molecular weight excluding hydrogens is 328 g/mol. The van der Waals surface area contributed by atoms with Crippen molar-refractivity contribution in [3.8, 4) is 0 Å². The van der Waals surface area contributed by atoms with Gasteiger partial charge in [0, 0.05) is 23.1 Å². The Hall–Kier alpha value is -1.17. The molecule has 114 valence electrons. The van der Waals surface area contributed by atoms with Crippen LogP contribution in [0.3, 0.4) is 0 Å². The summed E-state index contributed by atoms with van der Waals surface area (Å²) in [5.74, 6) is 5.76. The molecule has 1 heterocycles. The second kappa shape index (κ2) is 6.73. The van der Waals surface area contributed by atoms with E-state index in [9.17, 15) is 0 Å². The number of halogens is 1. The molecule has 21 heavy (non-hydrogen) atoms. The van der Waals surface area contributed by atoms with Crippen molar-refractivity contribution in [2.24, 2.45) is 5.84 Å². The van der Waals surface area contributed by atoms with Crippen molar-refractivity contribution in [2.75, 3.05) is 0 Å². The molecule has 0 saturated carbocycles. The van der Waals surface area contributed by atoms with Gasteiger partial charge in [-0.25, -0.2) is 0 Å². The molecule has 0 fully saturated rings. The molecule has 0 amide bonds. The van der Waals surface area contributed by atoms with E-state index in [1.165, 1.54) is 16.7 Å². The largest absolute Gasteiger partial charge is 0.271 e. The third-order valence-corrected chi connectivity index (χ3v) is 4.92. The van der Waals surface area contributed by atoms with E-state index in [2.05, 4.69) is 72.3 Å². The Morgan fingerprint density at radius 3 is 2.38 bits per heavy atom. The maximum Gasteiger partial charge on any atom is 0.0644 e. The van der Waals surface area contributed by atoms with Crippen LogP contribution in [0.25, 0.3) is 0 Å². The summed E-state index contributed by atoms with van der Waals surface area (Å²) in [7, 11) is 0. The Bertz CT molecular complexity index is 595. The number of aromatic nitrogens is 2. The van der Waals surface area contributed by atoms with Crippen molar-refractivity contribution in [3.05, 3.63) is 51.3 Å². The monoisotopic (exact) mass is 350 g/mol. The minimum atomic E-state index is 0.0611. The molecule has 4 nitrogen and oxygen atoms in total. The summed E-state index contributed by atoms with van der Waals surface area (Å²) in [5, 5.41) is 4.60. The summed E-state index contributed by atoms with van der Waals surface area (Å²) in [6.45, 7) is 8.44. The lowest BCUT2D eigenvalue weighted by Crippen LogP contribution is -2.30. The van der Waals surface area contributed by atoms with Gasteiger partial charge in [0.25, 0.3) is 0 Å². The lowest BCUT2D eigenvalue weighted by atomic mass is 9.98. The zero-order valence-electron chi connectivity index (χ0n) is 13.0. The average molecular weight is 351 g/mol. The second-order valence-electron chi connectivity index (χ2n) is 5.77. The number of nitrogens with one attached hydrogen (secondary N) is 1. The van der Waals surface area contributed by atoms with Crippen molar-refractivity contribution in [1.82, 2.24) is 15.2 Å². The van der Waals surface area contributed by atoms with Crippen LogP contribution in [0.2, 0.25) is 0 Å². The first-order valence-electron chi connectivity index (χ1n) is 7.19. The molecule has 1 aromatic heterocycles. The Kier molecular flexibility index (Phi) is 5.19. The van der Waals surface area contributed by atoms with Gasteiger partial charge in [-0.05, 0) is 50.5 Å². The van der Waals surface area contributed by atoms with Gasteiger partial charge in [0.05, 0.1) is 11.7 Å². The summed E-state index contributed by atoms with van der Waals surface area (Å²) < 4.78 is 3.13. The van der Waals surface area contributed by atoms with Gasteiger partial charge < -0.3 is 0 Å². The second-order valence-corrected chi connectivity index (χ2v) is 6.57. The highest BCUT2D eigenvalue weighted by Crippen LogP contribution is 2.26. The van der Waals surface area contributed by atoms with Crippen LogP contribution in [0.5, 0.6) is 0 Å². The molecule has 0 aliphatic carbocycles. The van der Waals surface area contributed by atoms with Gasteiger partial charge in [0.15, 0.2) is 0 Å². The molecule has 1 aromatic carbocycles. The SMILES string of the molecule is Cc1cc(C(Cc2ccn(C(C)C)n2)NN)cc(C)c1Br. The molecule has 5 heteroatoms. The zero-order chi connectivity index (χ0) is 15.6. The number of nitrogens with two attached hydrogens (primary N) is 1. The predicted octanol–water partition coefficient (Wildman–Crippen LogP) is 3.59. The molecule has 3 N–H and O–H groups in total. The van der Waals surface area contributed by atoms with Crippen LogP contribution in [0.4, 0.5) is 0 Å². The first kappa shape index (κ1) is 16.2. The van der Waals surface area contributed by atoms with E-state index in [1.807, 2.05) is 10.9 Å². The maximum atomic E-state index is 5.76. The normalized spacial score (nSPS) is 12.9. The van der Waals surface area contributed by atoms with Crippen LogP contribution < -0.4 is 11.3 Å². The van der Waals surface area contributed by atoms with E-state index >= 15 is 0 Å². The Morgan fingerprint density at radius 1 is 1.29 bits per heavy atom. The lowest BCUT2D eigenvalue weighted by molar-refractivity contribution is 0.506. The number of hydrazine groups is 1. The van der Waals surface area contributed by atoms with E-state index in [4.69, 9.17) is 5.84 Å². The molecule has 2 aromatic rings. The Balaban J connectivity index is 2.23. The van der Waals surface area contributed by atoms with Gasteiger partial charge in [0.2, 0.25) is 0 Å². The lowest BCUT2D eigenvalue weighted by Gasteiger charge is -2.17. The van der Waals surface area contributed by atoms with Crippen LogP contribution >= 0.6 is 15.9 Å². The first-order chi connectivity index (χ1) is 9.92. The summed E-state index contributed by atoms with van der Waals surface area (Å²) >= 11 is 3.60. The summed E-state index contributed by atoms with van der Waals surface area (Å²) in [6.07, 6.45) is 2.79. The fourth-order valence-corrected chi connectivity index (χ4v) is 2.67. The number of rotatable bonds is 5. The molecule has 2 rings (SSSR count). The standard InChI is InChI=1S/C16H23BrN4/c1-10(2)21-6-5-14(20-21)9-15(19-18)13-7-11(3)16(17)12(4)8-13/h5-8,10,15,19H,9,18H2,1-4H3. The Morgan fingerprint density at radius 2 is 1.90 bits per heavy atom. The van der Waals surface area contributed by atoms with Crippen LogP contribution in [-0.2, 0) is 6.42 Å². The molecule has 0 saturated heterocycles. The fourth-order valence-electron chi connectivity index (χ4n) is 2.44. The highest BCUT2D eigenvalue weighted by Gasteiger charge is 2.15.